The molecular weight excluding hydrogens is 208 g/mol. The second-order valence-electron chi connectivity index (χ2n) is 6.34. The average molecular weight is 232 g/mol. The predicted octanol–water partition coefficient (Wildman–Crippen LogP) is 3.90. The second kappa shape index (κ2) is 4.59. The van der Waals surface area contributed by atoms with Crippen LogP contribution < -0.4 is 11.1 Å². The summed E-state index contributed by atoms with van der Waals surface area (Å²) in [4.78, 5) is 0. The maximum atomic E-state index is 5.98. The third-order valence-corrected chi connectivity index (χ3v) is 3.71. The lowest BCUT2D eigenvalue weighted by Gasteiger charge is -2.39. The summed E-state index contributed by atoms with van der Waals surface area (Å²) < 4.78 is 0. The summed E-state index contributed by atoms with van der Waals surface area (Å²) in [5, 5.41) is 3.61. The smallest absolute Gasteiger partial charge is 0.0576 e. The van der Waals surface area contributed by atoms with E-state index in [1.54, 1.807) is 0 Å². The highest BCUT2D eigenvalue weighted by molar-refractivity contribution is 5.66. The first-order valence-electron chi connectivity index (χ1n) is 6.57. The molecule has 3 N–H and O–H groups in total. The number of rotatable bonds is 2. The van der Waals surface area contributed by atoms with Gasteiger partial charge in [0.15, 0.2) is 0 Å². The van der Waals surface area contributed by atoms with Crippen LogP contribution in [0.25, 0.3) is 0 Å². The third-order valence-electron chi connectivity index (χ3n) is 3.71. The van der Waals surface area contributed by atoms with Crippen LogP contribution in [0.4, 0.5) is 11.4 Å². The van der Waals surface area contributed by atoms with Gasteiger partial charge < -0.3 is 11.1 Å². The molecule has 0 unspecified atom stereocenters. The van der Waals surface area contributed by atoms with E-state index < -0.39 is 0 Å². The molecule has 0 aromatic heterocycles. The van der Waals surface area contributed by atoms with Gasteiger partial charge >= 0.3 is 0 Å². The number of nitrogens with one attached hydrogen (secondary N) is 1. The lowest BCUT2D eigenvalue weighted by molar-refractivity contribution is 0.178. The Morgan fingerprint density at radius 3 is 2.59 bits per heavy atom. The van der Waals surface area contributed by atoms with Crippen LogP contribution in [0.15, 0.2) is 24.3 Å². The molecule has 1 fully saturated rings. The van der Waals surface area contributed by atoms with Crippen molar-refractivity contribution in [2.45, 2.75) is 46.1 Å². The Hall–Kier alpha value is -1.18. The van der Waals surface area contributed by atoms with Crippen molar-refractivity contribution in [3.05, 3.63) is 24.3 Å². The molecule has 0 amide bonds. The molecule has 1 aliphatic rings. The quantitative estimate of drug-likeness (QED) is 0.759. The molecule has 0 heterocycles. The van der Waals surface area contributed by atoms with Gasteiger partial charge in [0.05, 0.1) is 11.4 Å². The molecule has 2 heteroatoms. The number of para-hydroxylation sites is 2. The summed E-state index contributed by atoms with van der Waals surface area (Å²) in [6, 6.07) is 8.60. The minimum atomic E-state index is 0.443. The zero-order valence-electron chi connectivity index (χ0n) is 11.2. The van der Waals surface area contributed by atoms with E-state index in [4.69, 9.17) is 5.73 Å². The van der Waals surface area contributed by atoms with Gasteiger partial charge in [-0.2, -0.15) is 0 Å². The van der Waals surface area contributed by atoms with E-state index in [9.17, 15) is 0 Å². The van der Waals surface area contributed by atoms with Crippen LogP contribution >= 0.6 is 0 Å². The highest BCUT2D eigenvalue weighted by Crippen LogP contribution is 2.39. The number of nitrogen functional groups attached to an aromatic ring is 1. The van der Waals surface area contributed by atoms with Gasteiger partial charge in [0, 0.05) is 6.04 Å². The number of anilines is 2. The first-order chi connectivity index (χ1) is 7.96. The zero-order valence-corrected chi connectivity index (χ0v) is 11.2. The summed E-state index contributed by atoms with van der Waals surface area (Å²) >= 11 is 0. The summed E-state index contributed by atoms with van der Waals surface area (Å²) in [7, 11) is 0. The lowest BCUT2D eigenvalue weighted by Crippen LogP contribution is -2.35. The van der Waals surface area contributed by atoms with E-state index >= 15 is 0 Å². The highest BCUT2D eigenvalue weighted by atomic mass is 14.9. The van der Waals surface area contributed by atoms with Crippen LogP contribution in [0.1, 0.15) is 40.0 Å². The molecular formula is C15H24N2. The van der Waals surface area contributed by atoms with Crippen molar-refractivity contribution in [2.24, 2.45) is 11.3 Å². The van der Waals surface area contributed by atoms with E-state index in [1.807, 2.05) is 18.2 Å². The first-order valence-corrected chi connectivity index (χ1v) is 6.57. The van der Waals surface area contributed by atoms with E-state index in [2.05, 4.69) is 32.2 Å². The lowest BCUT2D eigenvalue weighted by atomic mass is 9.70. The van der Waals surface area contributed by atoms with Gasteiger partial charge in [0.2, 0.25) is 0 Å². The number of benzene rings is 1. The van der Waals surface area contributed by atoms with Gasteiger partial charge in [-0.1, -0.05) is 32.9 Å². The van der Waals surface area contributed by atoms with Crippen molar-refractivity contribution in [2.75, 3.05) is 11.1 Å². The maximum absolute atomic E-state index is 5.98. The highest BCUT2D eigenvalue weighted by Gasteiger charge is 2.31. The molecule has 1 aliphatic carbocycles. The molecule has 2 rings (SSSR count). The molecule has 1 aromatic carbocycles. The molecule has 94 valence electrons. The van der Waals surface area contributed by atoms with Crippen LogP contribution in [0.5, 0.6) is 0 Å². The van der Waals surface area contributed by atoms with Crippen molar-refractivity contribution >= 4 is 11.4 Å². The number of hydrogen-bond donors (Lipinski definition) is 2. The Balaban J connectivity index is 2.06. The fourth-order valence-electron chi connectivity index (χ4n) is 3.30. The summed E-state index contributed by atoms with van der Waals surface area (Å²) in [5.74, 6) is 0.793. The topological polar surface area (TPSA) is 38.0 Å². The molecule has 0 aliphatic heterocycles. The van der Waals surface area contributed by atoms with Gasteiger partial charge in [0.25, 0.3) is 0 Å². The Morgan fingerprint density at radius 2 is 1.94 bits per heavy atom. The van der Waals surface area contributed by atoms with Crippen molar-refractivity contribution in [1.29, 1.82) is 0 Å². The average Bonchev–Trinajstić information content (AvgIpc) is 2.18. The standard InChI is InChI=1S/C15H24N2/c1-11-8-12(10-15(2,3)9-11)17-14-7-5-4-6-13(14)16/h4-7,11-12,17H,8-10,16H2,1-3H3/t11-,12-/m0/s1. The van der Waals surface area contributed by atoms with Crippen molar-refractivity contribution in [3.8, 4) is 0 Å². The molecule has 0 radical (unpaired) electrons. The van der Waals surface area contributed by atoms with Gasteiger partial charge in [-0.15, -0.1) is 0 Å². The molecule has 0 spiro atoms. The van der Waals surface area contributed by atoms with Crippen LogP contribution in [0.3, 0.4) is 0 Å². The Kier molecular flexibility index (Phi) is 3.32. The largest absolute Gasteiger partial charge is 0.397 e. The van der Waals surface area contributed by atoms with Crippen molar-refractivity contribution in [3.63, 3.8) is 0 Å². The summed E-state index contributed by atoms with van der Waals surface area (Å²) in [5.41, 5.74) is 8.36. The fourth-order valence-corrected chi connectivity index (χ4v) is 3.30. The van der Waals surface area contributed by atoms with Crippen molar-refractivity contribution < 1.29 is 0 Å². The fraction of sp³-hybridized carbons (Fsp3) is 0.600. The van der Waals surface area contributed by atoms with E-state index in [1.165, 1.54) is 19.3 Å². The maximum Gasteiger partial charge on any atom is 0.0576 e. The molecule has 2 atom stereocenters. The normalized spacial score (nSPS) is 27.7. The SMILES string of the molecule is C[C@H]1C[C@H](Nc2ccccc2N)CC(C)(C)C1. The van der Waals surface area contributed by atoms with Gasteiger partial charge in [-0.3, -0.25) is 0 Å². The van der Waals surface area contributed by atoms with E-state index in [0.29, 0.717) is 11.5 Å². The molecule has 2 nitrogen and oxygen atoms in total. The second-order valence-corrected chi connectivity index (χ2v) is 6.34. The Bertz CT molecular complexity index is 384. The monoisotopic (exact) mass is 232 g/mol. The van der Waals surface area contributed by atoms with Crippen LogP contribution in [0, 0.1) is 11.3 Å². The summed E-state index contributed by atoms with van der Waals surface area (Å²) in [6.45, 7) is 7.08. The number of hydrogen-bond acceptors (Lipinski definition) is 2. The molecule has 0 saturated heterocycles. The van der Waals surface area contributed by atoms with Crippen molar-refractivity contribution in [1.82, 2.24) is 0 Å². The third kappa shape index (κ3) is 3.15. The van der Waals surface area contributed by atoms with E-state index in [-0.39, 0.29) is 0 Å². The molecule has 0 bridgehead atoms. The van der Waals surface area contributed by atoms with Crippen LogP contribution in [-0.4, -0.2) is 6.04 Å². The Labute approximate surface area is 105 Å². The van der Waals surface area contributed by atoms with Gasteiger partial charge in [-0.25, -0.2) is 0 Å². The van der Waals surface area contributed by atoms with Gasteiger partial charge in [0.1, 0.15) is 0 Å². The predicted molar refractivity (Wildman–Crippen MR) is 75.1 cm³/mol. The van der Waals surface area contributed by atoms with Crippen LogP contribution in [-0.2, 0) is 0 Å². The minimum Gasteiger partial charge on any atom is -0.397 e. The molecule has 1 saturated carbocycles. The molecule has 17 heavy (non-hydrogen) atoms. The zero-order chi connectivity index (χ0) is 12.5. The first kappa shape index (κ1) is 12.3. The van der Waals surface area contributed by atoms with E-state index in [0.717, 1.165) is 17.3 Å². The number of nitrogens with two attached hydrogens (primary N) is 1. The minimum absolute atomic E-state index is 0.443. The van der Waals surface area contributed by atoms with Crippen LogP contribution in [0.2, 0.25) is 0 Å². The Morgan fingerprint density at radius 1 is 1.24 bits per heavy atom. The summed E-state index contributed by atoms with van der Waals surface area (Å²) in [6.07, 6.45) is 3.80. The van der Waals surface area contributed by atoms with Gasteiger partial charge in [-0.05, 0) is 42.7 Å². The molecule has 1 aromatic rings.